The highest BCUT2D eigenvalue weighted by molar-refractivity contribution is 5.97. The summed E-state index contributed by atoms with van der Waals surface area (Å²) in [4.78, 5) is 24.9. The molecule has 0 aliphatic carbocycles. The van der Waals surface area contributed by atoms with Crippen LogP contribution in [0.25, 0.3) is 10.9 Å². The van der Waals surface area contributed by atoms with Crippen LogP contribution in [0.15, 0.2) is 72.9 Å². The van der Waals surface area contributed by atoms with Crippen molar-refractivity contribution >= 4 is 22.8 Å². The molecule has 7 nitrogen and oxygen atoms in total. The second-order valence-corrected chi connectivity index (χ2v) is 7.87. The van der Waals surface area contributed by atoms with E-state index >= 15 is 0 Å². The summed E-state index contributed by atoms with van der Waals surface area (Å²) in [6.45, 7) is 0.301. The Bertz CT molecular complexity index is 1360. The molecule has 0 unspecified atom stereocenters. The van der Waals surface area contributed by atoms with Crippen molar-refractivity contribution in [2.24, 2.45) is 7.05 Å². The Morgan fingerprint density at radius 2 is 1.82 bits per heavy atom. The molecule has 3 aromatic carbocycles. The number of rotatable bonds is 6. The Morgan fingerprint density at radius 1 is 1.03 bits per heavy atom. The number of carboxylic acid groups (broad SMARTS) is 1. The SMILES string of the molecule is Cn1cc([C@@H](C(=O)O)c2ccc3c(c2)OCO3)c2ccc(C(=O)OCc3ccccc3)cc21. The number of hydrogen-bond donors (Lipinski definition) is 1. The van der Waals surface area contributed by atoms with Gasteiger partial charge in [-0.3, -0.25) is 4.79 Å². The lowest BCUT2D eigenvalue weighted by atomic mass is 9.90. The third kappa shape index (κ3) is 3.89. The first-order chi connectivity index (χ1) is 16.0. The lowest BCUT2D eigenvalue weighted by Crippen LogP contribution is -2.13. The van der Waals surface area contributed by atoms with Crippen LogP contribution in [0.1, 0.15) is 33.0 Å². The quantitative estimate of drug-likeness (QED) is 0.442. The summed E-state index contributed by atoms with van der Waals surface area (Å²) in [6.07, 6.45) is 1.78. The number of hydrogen-bond acceptors (Lipinski definition) is 5. The number of ether oxygens (including phenoxy) is 3. The summed E-state index contributed by atoms with van der Waals surface area (Å²) in [7, 11) is 1.82. The van der Waals surface area contributed by atoms with E-state index in [-0.39, 0.29) is 13.4 Å². The van der Waals surface area contributed by atoms with Crippen LogP contribution in [0.3, 0.4) is 0 Å². The molecule has 7 heteroatoms. The highest BCUT2D eigenvalue weighted by Crippen LogP contribution is 2.38. The van der Waals surface area contributed by atoms with Crippen LogP contribution in [0, 0.1) is 0 Å². The fourth-order valence-corrected chi connectivity index (χ4v) is 4.13. The number of aryl methyl sites for hydroxylation is 1. The smallest absolute Gasteiger partial charge is 0.338 e. The summed E-state index contributed by atoms with van der Waals surface area (Å²) in [5.74, 6) is -1.19. The van der Waals surface area contributed by atoms with Gasteiger partial charge in [-0.15, -0.1) is 0 Å². The molecule has 1 aliphatic heterocycles. The molecule has 1 aliphatic rings. The largest absolute Gasteiger partial charge is 0.481 e. The molecular weight excluding hydrogens is 422 g/mol. The molecule has 0 bridgehead atoms. The minimum absolute atomic E-state index is 0.119. The number of aromatic nitrogens is 1. The molecule has 33 heavy (non-hydrogen) atoms. The van der Waals surface area contributed by atoms with E-state index in [0.717, 1.165) is 16.5 Å². The van der Waals surface area contributed by atoms with Gasteiger partial charge in [-0.2, -0.15) is 0 Å². The maximum Gasteiger partial charge on any atom is 0.338 e. The van der Waals surface area contributed by atoms with E-state index in [1.165, 1.54) is 0 Å². The third-order valence-electron chi connectivity index (χ3n) is 5.76. The molecule has 0 radical (unpaired) electrons. The minimum Gasteiger partial charge on any atom is -0.481 e. The van der Waals surface area contributed by atoms with Gasteiger partial charge in [0.15, 0.2) is 11.5 Å². The van der Waals surface area contributed by atoms with Gasteiger partial charge in [0, 0.05) is 24.1 Å². The van der Waals surface area contributed by atoms with Gasteiger partial charge >= 0.3 is 11.9 Å². The lowest BCUT2D eigenvalue weighted by molar-refractivity contribution is -0.137. The van der Waals surface area contributed by atoms with Crippen LogP contribution < -0.4 is 9.47 Å². The van der Waals surface area contributed by atoms with Crippen molar-refractivity contribution in [3.8, 4) is 11.5 Å². The number of benzene rings is 3. The molecule has 166 valence electrons. The van der Waals surface area contributed by atoms with Crippen LogP contribution in [-0.2, 0) is 23.2 Å². The van der Waals surface area contributed by atoms with Crippen LogP contribution in [0.2, 0.25) is 0 Å². The van der Waals surface area contributed by atoms with Crippen molar-refractivity contribution in [3.05, 3.63) is 95.2 Å². The van der Waals surface area contributed by atoms with Crippen molar-refractivity contribution in [3.63, 3.8) is 0 Å². The zero-order valence-corrected chi connectivity index (χ0v) is 17.9. The number of aliphatic carboxylic acids is 1. The molecule has 1 atom stereocenters. The standard InChI is InChI=1S/C26H21NO6/c1-27-13-20(24(25(28)29)17-8-10-22-23(12-17)33-15-32-22)19-9-7-18(11-21(19)27)26(30)31-14-16-5-3-2-4-6-16/h2-13,24H,14-15H2,1H3,(H,28,29)/t24-/m0/s1. The Labute approximate surface area is 189 Å². The summed E-state index contributed by atoms with van der Waals surface area (Å²) in [5, 5.41) is 10.8. The predicted molar refractivity (Wildman–Crippen MR) is 121 cm³/mol. The average molecular weight is 443 g/mol. The number of nitrogens with zero attached hydrogens (tertiary/aromatic N) is 1. The van der Waals surface area contributed by atoms with E-state index in [1.807, 2.05) is 41.9 Å². The van der Waals surface area contributed by atoms with Gasteiger partial charge in [0.2, 0.25) is 6.79 Å². The highest BCUT2D eigenvalue weighted by atomic mass is 16.7. The van der Waals surface area contributed by atoms with Gasteiger partial charge in [0.1, 0.15) is 12.5 Å². The van der Waals surface area contributed by atoms with E-state index < -0.39 is 17.9 Å². The molecule has 1 N–H and O–H groups in total. The summed E-state index contributed by atoms with van der Waals surface area (Å²) >= 11 is 0. The van der Waals surface area contributed by atoms with Crippen LogP contribution in [0.5, 0.6) is 11.5 Å². The van der Waals surface area contributed by atoms with E-state index in [2.05, 4.69) is 0 Å². The Balaban J connectivity index is 1.46. The van der Waals surface area contributed by atoms with Gasteiger partial charge < -0.3 is 23.9 Å². The average Bonchev–Trinajstić information content (AvgIpc) is 3.42. The molecule has 5 rings (SSSR count). The number of fused-ring (bicyclic) bond motifs is 2. The lowest BCUT2D eigenvalue weighted by Gasteiger charge is -2.13. The van der Waals surface area contributed by atoms with Crippen molar-refractivity contribution < 1.29 is 28.9 Å². The molecule has 2 heterocycles. The number of carbonyl (C=O) groups is 2. The first-order valence-electron chi connectivity index (χ1n) is 10.4. The number of esters is 1. The molecule has 4 aromatic rings. The molecule has 0 fully saturated rings. The van der Waals surface area contributed by atoms with Crippen molar-refractivity contribution in [1.29, 1.82) is 0 Å². The highest BCUT2D eigenvalue weighted by Gasteiger charge is 2.28. The normalized spacial score (nSPS) is 13.1. The van der Waals surface area contributed by atoms with Crippen LogP contribution >= 0.6 is 0 Å². The third-order valence-corrected chi connectivity index (χ3v) is 5.76. The second-order valence-electron chi connectivity index (χ2n) is 7.87. The summed E-state index contributed by atoms with van der Waals surface area (Å²) < 4.78 is 18.0. The minimum atomic E-state index is -0.979. The van der Waals surface area contributed by atoms with Crippen LogP contribution in [-0.4, -0.2) is 28.4 Å². The van der Waals surface area contributed by atoms with E-state index in [0.29, 0.717) is 28.2 Å². The van der Waals surface area contributed by atoms with Gasteiger partial charge in [0.25, 0.3) is 0 Å². The van der Waals surface area contributed by atoms with Gasteiger partial charge in [0.05, 0.1) is 5.56 Å². The molecule has 0 amide bonds. The topological polar surface area (TPSA) is 87.0 Å². The molecular formula is C26H21NO6. The number of carbonyl (C=O) groups excluding carboxylic acids is 1. The van der Waals surface area contributed by atoms with Crippen molar-refractivity contribution in [2.45, 2.75) is 12.5 Å². The van der Waals surface area contributed by atoms with Gasteiger partial charge in [-0.25, -0.2) is 4.79 Å². The monoisotopic (exact) mass is 443 g/mol. The Morgan fingerprint density at radius 3 is 2.61 bits per heavy atom. The molecule has 0 saturated carbocycles. The zero-order valence-electron chi connectivity index (χ0n) is 17.9. The first kappa shape index (κ1) is 20.6. The molecule has 1 aromatic heterocycles. The molecule has 0 spiro atoms. The maximum atomic E-state index is 12.6. The zero-order chi connectivity index (χ0) is 22.9. The fourth-order valence-electron chi connectivity index (χ4n) is 4.13. The second kappa shape index (κ2) is 8.35. The predicted octanol–water partition coefficient (Wildman–Crippen LogP) is 4.48. The van der Waals surface area contributed by atoms with Gasteiger partial charge in [-0.05, 0) is 41.0 Å². The first-order valence-corrected chi connectivity index (χ1v) is 10.4. The van der Waals surface area contributed by atoms with E-state index in [4.69, 9.17) is 14.2 Å². The Kier molecular flexibility index (Phi) is 5.22. The fraction of sp³-hybridized carbons (Fsp3) is 0.154. The Hall–Kier alpha value is -4.26. The molecule has 0 saturated heterocycles. The van der Waals surface area contributed by atoms with Gasteiger partial charge in [-0.1, -0.05) is 42.5 Å². The van der Waals surface area contributed by atoms with Crippen molar-refractivity contribution in [1.82, 2.24) is 4.57 Å². The van der Waals surface area contributed by atoms with Crippen LogP contribution in [0.4, 0.5) is 0 Å². The summed E-state index contributed by atoms with van der Waals surface area (Å²) in [6, 6.07) is 19.8. The number of carboxylic acids is 1. The van der Waals surface area contributed by atoms with E-state index in [9.17, 15) is 14.7 Å². The summed E-state index contributed by atoms with van der Waals surface area (Å²) in [5.41, 5.74) is 3.27. The van der Waals surface area contributed by atoms with Crippen molar-refractivity contribution in [2.75, 3.05) is 6.79 Å². The maximum absolute atomic E-state index is 12.6. The van der Waals surface area contributed by atoms with E-state index in [1.54, 1.807) is 42.6 Å².